The average Bonchev–Trinajstić information content (AvgIpc) is 3.35. The van der Waals surface area contributed by atoms with Crippen LogP contribution in [0.25, 0.3) is 10.9 Å². The average molecular weight is 642 g/mol. The number of phenolic OH excluding ortho intramolecular Hbond substituents is 1. The number of alkyl halides is 3. The van der Waals surface area contributed by atoms with Crippen LogP contribution >= 0.6 is 19.8 Å². The van der Waals surface area contributed by atoms with Crippen molar-refractivity contribution in [3.63, 3.8) is 0 Å². The Morgan fingerprint density at radius 3 is 2.92 bits per heavy atom. The van der Waals surface area contributed by atoms with E-state index < -0.39 is 36.9 Å². The fourth-order valence-corrected chi connectivity index (χ4v) is 12.7. The molecule has 2 saturated carbocycles. The van der Waals surface area contributed by atoms with Gasteiger partial charge in [0.1, 0.15) is 0 Å². The number of carbonyl (C=O) groups excluding carboxylic acids is 1. The Bertz CT molecular complexity index is 1500. The molecule has 7 atom stereocenters. The molecule has 206 valence electrons. The van der Waals surface area contributed by atoms with Crippen molar-refractivity contribution in [1.82, 2.24) is 15.2 Å². The van der Waals surface area contributed by atoms with Gasteiger partial charge in [-0.1, -0.05) is 12.1 Å². The first-order valence-corrected chi connectivity index (χ1v) is 19.7. The van der Waals surface area contributed by atoms with Crippen molar-refractivity contribution >= 4 is 36.6 Å². The summed E-state index contributed by atoms with van der Waals surface area (Å²) in [6.07, 6.45) is 5.57. The van der Waals surface area contributed by atoms with Gasteiger partial charge in [-0.3, -0.25) is 0 Å². The number of likely N-dealkylation sites (tertiary alicyclic amines) is 1. The van der Waals surface area contributed by atoms with Crippen LogP contribution in [0.5, 0.6) is 11.5 Å². The summed E-state index contributed by atoms with van der Waals surface area (Å²) in [6, 6.07) is 11.3. The molecular formula is C31H36IN3O4. The molecule has 1 amide bonds. The minimum absolute atomic E-state index is 0.0295. The number of nitrogens with one attached hydrogen (secondary N) is 2. The van der Waals surface area contributed by atoms with Crippen LogP contribution in [0.1, 0.15) is 47.2 Å². The molecule has 5 aliphatic rings. The van der Waals surface area contributed by atoms with Crippen molar-refractivity contribution in [3.8, 4) is 11.5 Å². The molecule has 3 heterocycles. The normalized spacial score (nSPS) is 36.3. The molecule has 1 spiro atoms. The van der Waals surface area contributed by atoms with Crippen molar-refractivity contribution in [2.24, 2.45) is 5.92 Å². The Labute approximate surface area is 235 Å². The molecule has 2 aromatic carbocycles. The fraction of sp³-hybridized carbons (Fsp3) is 0.516. The Morgan fingerprint density at radius 1 is 1.23 bits per heavy atom. The van der Waals surface area contributed by atoms with Crippen LogP contribution in [-0.4, -0.2) is 76.7 Å². The van der Waals surface area contributed by atoms with Crippen LogP contribution in [0.2, 0.25) is 0 Å². The Kier molecular flexibility index (Phi) is 5.25. The standard InChI is InChI=1S/C31H36IN3O4/c1-32(2)21-14-19(21)16-35-13-11-30-25-18-6-7-23(36)27(25)39-28(30)22(8-10-31(30,38)24(35)15-18)34-29(37)20-5-3-4-17-9-12-33-26(17)20/h3-7,9,12,19,21-22,24,28,33,36,38H,8,10-11,13-16H2,1-2H3,(H,34,37)/t19?,21?,22-,24-,28+,30+,31-/m1/s1. The quantitative estimate of drug-likeness (QED) is 0.250. The maximum absolute atomic E-state index is 13.6. The summed E-state index contributed by atoms with van der Waals surface area (Å²) in [5.74, 6) is 1.29. The number of benzene rings is 2. The first-order valence-electron chi connectivity index (χ1n) is 14.2. The monoisotopic (exact) mass is 641 g/mol. The predicted molar refractivity (Wildman–Crippen MR) is 159 cm³/mol. The second-order valence-corrected chi connectivity index (χ2v) is 18.8. The summed E-state index contributed by atoms with van der Waals surface area (Å²) >= 11 is -0.813. The van der Waals surface area contributed by atoms with Gasteiger partial charge in [-0.2, -0.15) is 0 Å². The summed E-state index contributed by atoms with van der Waals surface area (Å²) in [5, 5.41) is 27.9. The molecule has 39 heavy (non-hydrogen) atoms. The van der Waals surface area contributed by atoms with Crippen molar-refractivity contribution in [1.29, 1.82) is 0 Å². The number of halogens is 1. The van der Waals surface area contributed by atoms with Gasteiger partial charge in [0, 0.05) is 11.6 Å². The van der Waals surface area contributed by atoms with Crippen molar-refractivity contribution in [3.05, 3.63) is 59.3 Å². The number of nitrogens with zero attached hydrogens (tertiary/aromatic N) is 1. The third kappa shape index (κ3) is 3.25. The third-order valence-electron chi connectivity index (χ3n) is 10.6. The van der Waals surface area contributed by atoms with E-state index in [1.807, 2.05) is 36.5 Å². The number of phenols is 1. The van der Waals surface area contributed by atoms with Crippen LogP contribution < -0.4 is 10.1 Å². The summed E-state index contributed by atoms with van der Waals surface area (Å²) in [4.78, 5) is 24.4. The van der Waals surface area contributed by atoms with E-state index in [4.69, 9.17) is 4.74 Å². The first kappa shape index (κ1) is 24.5. The first-order chi connectivity index (χ1) is 18.8. The number of ether oxygens (including phenoxy) is 1. The number of fused-ring (bicyclic) bond motifs is 1. The zero-order chi connectivity index (χ0) is 26.7. The summed E-state index contributed by atoms with van der Waals surface area (Å²) < 4.78 is 7.57. The molecule has 2 unspecified atom stereocenters. The molecule has 2 aliphatic heterocycles. The molecular weight excluding hydrogens is 605 g/mol. The van der Waals surface area contributed by atoms with E-state index in [0.717, 1.165) is 52.2 Å². The summed E-state index contributed by atoms with van der Waals surface area (Å²) in [5.41, 5.74) is 2.02. The van der Waals surface area contributed by atoms with Gasteiger partial charge < -0.3 is 4.98 Å². The van der Waals surface area contributed by atoms with Gasteiger partial charge in [0.2, 0.25) is 0 Å². The molecule has 4 N–H and O–H groups in total. The Hall–Kier alpha value is -2.30. The molecule has 7 nitrogen and oxygen atoms in total. The second-order valence-electron chi connectivity index (χ2n) is 12.5. The number of aromatic hydroxyl groups is 1. The molecule has 8 rings (SSSR count). The van der Waals surface area contributed by atoms with E-state index >= 15 is 0 Å². The van der Waals surface area contributed by atoms with Crippen molar-refractivity contribution in [2.45, 2.75) is 65.2 Å². The molecule has 0 radical (unpaired) electrons. The molecule has 3 fully saturated rings. The van der Waals surface area contributed by atoms with Crippen molar-refractivity contribution < 1.29 is 19.7 Å². The van der Waals surface area contributed by atoms with Gasteiger partial charge in [0.25, 0.3) is 0 Å². The topological polar surface area (TPSA) is 97.8 Å². The minimum atomic E-state index is -0.955. The zero-order valence-corrected chi connectivity index (χ0v) is 24.6. The molecule has 3 aliphatic carbocycles. The summed E-state index contributed by atoms with van der Waals surface area (Å²) in [7, 11) is 0. The van der Waals surface area contributed by atoms with Gasteiger partial charge in [-0.05, 0) is 12.1 Å². The number of aromatic amines is 1. The molecule has 2 bridgehead atoms. The number of piperidine rings is 1. The second kappa shape index (κ2) is 8.36. The van der Waals surface area contributed by atoms with E-state index in [9.17, 15) is 15.0 Å². The van der Waals surface area contributed by atoms with Crippen LogP contribution in [-0.2, 0) is 11.8 Å². The van der Waals surface area contributed by atoms with E-state index in [1.54, 1.807) is 6.07 Å². The van der Waals surface area contributed by atoms with Crippen LogP contribution in [0, 0.1) is 5.92 Å². The van der Waals surface area contributed by atoms with Gasteiger partial charge in [-0.15, -0.1) is 0 Å². The molecule has 8 heteroatoms. The maximum atomic E-state index is 13.6. The van der Waals surface area contributed by atoms with Gasteiger partial charge >= 0.3 is 190 Å². The SMILES string of the molecule is CI(C)C1CC1CN1CC[C@]23c4c5ccc(O)c4O[C@H]2[C@H](NC(=O)c2cccc4cc[nH]c24)CC[C@@]3(O)[C@H]1C5. The van der Waals surface area contributed by atoms with E-state index in [-0.39, 0.29) is 23.7 Å². The van der Waals surface area contributed by atoms with Crippen LogP contribution in [0.4, 0.5) is 0 Å². The molecule has 1 aromatic heterocycles. The molecule has 3 aromatic rings. The number of amides is 1. The number of hydrogen-bond donors (Lipinski definition) is 4. The number of aromatic nitrogens is 1. The zero-order valence-electron chi connectivity index (χ0n) is 22.4. The number of hydrogen-bond acceptors (Lipinski definition) is 5. The van der Waals surface area contributed by atoms with Crippen LogP contribution in [0.15, 0.2) is 42.6 Å². The third-order valence-corrected chi connectivity index (χ3v) is 15.3. The van der Waals surface area contributed by atoms with E-state index in [2.05, 4.69) is 25.1 Å². The number of H-pyrrole nitrogens is 1. The van der Waals surface area contributed by atoms with Crippen molar-refractivity contribution in [2.75, 3.05) is 23.0 Å². The number of para-hydroxylation sites is 1. The molecule has 1 saturated heterocycles. The number of rotatable bonds is 5. The van der Waals surface area contributed by atoms with Gasteiger partial charge in [-0.25, -0.2) is 0 Å². The van der Waals surface area contributed by atoms with E-state index in [0.29, 0.717) is 24.2 Å². The number of aliphatic hydroxyl groups is 1. The van der Waals surface area contributed by atoms with Gasteiger partial charge in [0.05, 0.1) is 5.52 Å². The van der Waals surface area contributed by atoms with E-state index in [1.165, 1.54) is 12.0 Å². The summed E-state index contributed by atoms with van der Waals surface area (Å²) in [6.45, 7) is 1.99. The Balaban J connectivity index is 1.16. The number of carbonyl (C=O) groups is 1. The fourth-order valence-electron chi connectivity index (χ4n) is 8.75. The van der Waals surface area contributed by atoms with Gasteiger partial charge in [0.15, 0.2) is 0 Å². The van der Waals surface area contributed by atoms with Crippen LogP contribution in [0.3, 0.4) is 0 Å². The Morgan fingerprint density at radius 2 is 2.10 bits per heavy atom. The predicted octanol–water partition coefficient (Wildman–Crippen LogP) is 3.98.